The van der Waals surface area contributed by atoms with Gasteiger partial charge in [0.25, 0.3) is 0 Å². The molecule has 3 aromatic carbocycles. The van der Waals surface area contributed by atoms with Crippen LogP contribution in [0.25, 0.3) is 21.9 Å². The largest absolute Gasteiger partial charge is 0.478 e. The van der Waals surface area contributed by atoms with Gasteiger partial charge < -0.3 is 10.5 Å². The second kappa shape index (κ2) is 5.21. The molecule has 0 aliphatic carbocycles. The van der Waals surface area contributed by atoms with Crippen molar-refractivity contribution in [2.75, 3.05) is 0 Å². The van der Waals surface area contributed by atoms with E-state index in [9.17, 15) is 4.79 Å². The van der Waals surface area contributed by atoms with E-state index in [-0.39, 0.29) is 5.56 Å². The predicted molar refractivity (Wildman–Crippen MR) is 84.2 cm³/mol. The summed E-state index contributed by atoms with van der Waals surface area (Å²) in [6.45, 7) is 0. The predicted octanol–water partition coefficient (Wildman–Crippen LogP) is 4.20. The maximum Gasteiger partial charge on any atom is 0.335 e. The van der Waals surface area contributed by atoms with Crippen LogP contribution < -0.4 is 0 Å². The fourth-order valence-electron chi connectivity index (χ4n) is 2.42. The maximum atomic E-state index is 11.2. The molecular weight excluding hydrogens is 262 g/mol. The molecule has 3 heteroatoms. The van der Waals surface area contributed by atoms with E-state index in [2.05, 4.69) is 0 Å². The van der Waals surface area contributed by atoms with Crippen LogP contribution in [0.4, 0.5) is 0 Å². The van der Waals surface area contributed by atoms with Crippen LogP contribution in [-0.2, 0) is 0 Å². The summed E-state index contributed by atoms with van der Waals surface area (Å²) < 4.78 is 0. The van der Waals surface area contributed by atoms with Gasteiger partial charge in [-0.05, 0) is 39.6 Å². The molecule has 0 amide bonds. The second-order valence-electron chi connectivity index (χ2n) is 4.81. The van der Waals surface area contributed by atoms with Crippen molar-refractivity contribution in [2.45, 2.75) is 0 Å². The van der Waals surface area contributed by atoms with Crippen LogP contribution in [0.15, 0.2) is 60.7 Å². The third kappa shape index (κ3) is 2.41. The summed E-state index contributed by atoms with van der Waals surface area (Å²) in [6.07, 6.45) is 1.30. The van der Waals surface area contributed by atoms with Crippen LogP contribution in [-0.4, -0.2) is 17.3 Å². The van der Waals surface area contributed by atoms with E-state index in [1.807, 2.05) is 48.5 Å². The quantitative estimate of drug-likeness (QED) is 0.703. The van der Waals surface area contributed by atoms with Crippen molar-refractivity contribution in [1.82, 2.24) is 0 Å². The molecule has 2 N–H and O–H groups in total. The van der Waals surface area contributed by atoms with Gasteiger partial charge in [-0.2, -0.15) is 0 Å². The molecule has 0 aromatic heterocycles. The van der Waals surface area contributed by atoms with Gasteiger partial charge in [0, 0.05) is 6.21 Å². The summed E-state index contributed by atoms with van der Waals surface area (Å²) in [5.74, 6) is -0.925. The summed E-state index contributed by atoms with van der Waals surface area (Å²) in [6, 6.07) is 18.7. The Morgan fingerprint density at radius 3 is 2.43 bits per heavy atom. The van der Waals surface area contributed by atoms with Gasteiger partial charge in [-0.3, -0.25) is 0 Å². The van der Waals surface area contributed by atoms with Crippen LogP contribution in [0.5, 0.6) is 0 Å². The van der Waals surface area contributed by atoms with Crippen molar-refractivity contribution in [3.63, 3.8) is 0 Å². The Balaban J connectivity index is 2.22. The number of carbonyl (C=O) groups is 1. The molecule has 0 bridgehead atoms. The van der Waals surface area contributed by atoms with Gasteiger partial charge in [-0.25, -0.2) is 4.79 Å². The van der Waals surface area contributed by atoms with Crippen LogP contribution in [0.1, 0.15) is 15.9 Å². The molecule has 0 aliphatic rings. The molecule has 0 aliphatic heterocycles. The minimum absolute atomic E-state index is 0.283. The van der Waals surface area contributed by atoms with Gasteiger partial charge in [0.05, 0.1) is 5.56 Å². The Labute approximate surface area is 122 Å². The van der Waals surface area contributed by atoms with E-state index < -0.39 is 5.97 Å². The van der Waals surface area contributed by atoms with Crippen molar-refractivity contribution in [3.8, 4) is 11.1 Å². The van der Waals surface area contributed by atoms with Crippen LogP contribution in [0.2, 0.25) is 0 Å². The van der Waals surface area contributed by atoms with Crippen LogP contribution >= 0.6 is 0 Å². The minimum atomic E-state index is -0.925. The molecule has 0 heterocycles. The van der Waals surface area contributed by atoms with Crippen molar-refractivity contribution in [2.24, 2.45) is 0 Å². The number of benzene rings is 3. The standard InChI is InChI=1S/C18H13NO2/c19-11-12-4-6-14(7-5-12)16-3-1-2-13-8-9-15(18(20)21)10-17(13)16/h1-11,19H,(H,20,21). The zero-order valence-electron chi connectivity index (χ0n) is 11.2. The third-order valence-corrected chi connectivity index (χ3v) is 3.52. The lowest BCUT2D eigenvalue weighted by atomic mass is 9.96. The minimum Gasteiger partial charge on any atom is -0.478 e. The first-order chi connectivity index (χ1) is 10.2. The fourth-order valence-corrected chi connectivity index (χ4v) is 2.42. The number of nitrogens with one attached hydrogen (secondary N) is 1. The average molecular weight is 275 g/mol. The van der Waals surface area contributed by atoms with Gasteiger partial charge in [-0.15, -0.1) is 0 Å². The van der Waals surface area contributed by atoms with Crippen LogP contribution in [0.3, 0.4) is 0 Å². The summed E-state index contributed by atoms with van der Waals surface area (Å²) in [5.41, 5.74) is 3.12. The third-order valence-electron chi connectivity index (χ3n) is 3.52. The van der Waals surface area contributed by atoms with E-state index in [4.69, 9.17) is 10.5 Å². The first-order valence-electron chi connectivity index (χ1n) is 6.56. The molecular formula is C18H13NO2. The summed E-state index contributed by atoms with van der Waals surface area (Å²) >= 11 is 0. The maximum absolute atomic E-state index is 11.2. The molecule has 0 fully saturated rings. The molecule has 3 rings (SSSR count). The summed E-state index contributed by atoms with van der Waals surface area (Å²) in [7, 11) is 0. The Kier molecular flexibility index (Phi) is 3.24. The number of rotatable bonds is 3. The molecule has 3 nitrogen and oxygen atoms in total. The van der Waals surface area contributed by atoms with Gasteiger partial charge in [0.2, 0.25) is 0 Å². The van der Waals surface area contributed by atoms with E-state index >= 15 is 0 Å². The highest BCUT2D eigenvalue weighted by molar-refractivity contribution is 6.01. The normalized spacial score (nSPS) is 10.5. The molecule has 102 valence electrons. The van der Waals surface area contributed by atoms with Crippen molar-refractivity contribution < 1.29 is 9.90 Å². The molecule has 0 spiro atoms. The first kappa shape index (κ1) is 13.1. The number of hydrogen-bond acceptors (Lipinski definition) is 2. The lowest BCUT2D eigenvalue weighted by Crippen LogP contribution is -1.95. The van der Waals surface area contributed by atoms with Crippen LogP contribution in [0, 0.1) is 5.41 Å². The summed E-state index contributed by atoms with van der Waals surface area (Å²) in [4.78, 5) is 11.2. The molecule has 3 aromatic rings. The Hall–Kier alpha value is -2.94. The molecule has 21 heavy (non-hydrogen) atoms. The van der Waals surface area contributed by atoms with E-state index in [0.717, 1.165) is 27.5 Å². The van der Waals surface area contributed by atoms with E-state index in [1.54, 1.807) is 12.1 Å². The SMILES string of the molecule is N=Cc1ccc(-c2cccc3ccc(C(=O)O)cc23)cc1. The second-order valence-corrected chi connectivity index (χ2v) is 4.81. The molecule has 0 radical (unpaired) electrons. The fraction of sp³-hybridized carbons (Fsp3) is 0. The Bertz CT molecular complexity index is 835. The van der Waals surface area contributed by atoms with Crippen molar-refractivity contribution in [3.05, 3.63) is 71.8 Å². The van der Waals surface area contributed by atoms with Crippen molar-refractivity contribution in [1.29, 1.82) is 5.41 Å². The highest BCUT2D eigenvalue weighted by Gasteiger charge is 2.08. The van der Waals surface area contributed by atoms with Gasteiger partial charge in [-0.1, -0.05) is 48.5 Å². The molecule has 0 saturated carbocycles. The average Bonchev–Trinajstić information content (AvgIpc) is 2.54. The summed E-state index contributed by atoms with van der Waals surface area (Å²) in [5, 5.41) is 18.3. The van der Waals surface area contributed by atoms with Gasteiger partial charge in [0.1, 0.15) is 0 Å². The first-order valence-corrected chi connectivity index (χ1v) is 6.56. The highest BCUT2D eigenvalue weighted by Crippen LogP contribution is 2.29. The monoisotopic (exact) mass is 275 g/mol. The number of aromatic carboxylic acids is 1. The zero-order chi connectivity index (χ0) is 14.8. The van der Waals surface area contributed by atoms with Gasteiger partial charge >= 0.3 is 5.97 Å². The lowest BCUT2D eigenvalue weighted by Gasteiger charge is -2.08. The smallest absolute Gasteiger partial charge is 0.335 e. The number of carboxylic acids is 1. The Morgan fingerprint density at radius 1 is 1.00 bits per heavy atom. The molecule has 0 atom stereocenters. The lowest BCUT2D eigenvalue weighted by molar-refractivity contribution is 0.0697. The van der Waals surface area contributed by atoms with Crippen molar-refractivity contribution >= 4 is 23.0 Å². The molecule has 0 saturated heterocycles. The highest BCUT2D eigenvalue weighted by atomic mass is 16.4. The topological polar surface area (TPSA) is 61.2 Å². The van der Waals surface area contributed by atoms with Gasteiger partial charge in [0.15, 0.2) is 0 Å². The van der Waals surface area contributed by atoms with E-state index in [0.29, 0.717) is 0 Å². The number of hydrogen-bond donors (Lipinski definition) is 2. The number of carboxylic acid groups (broad SMARTS) is 1. The molecule has 0 unspecified atom stereocenters. The zero-order valence-corrected chi connectivity index (χ0v) is 11.2. The van der Waals surface area contributed by atoms with E-state index in [1.165, 1.54) is 6.21 Å². The number of fused-ring (bicyclic) bond motifs is 1. The Morgan fingerprint density at radius 2 is 1.76 bits per heavy atom.